The number of hydrogen-bond acceptors (Lipinski definition) is 3. The first-order chi connectivity index (χ1) is 8.16. The van der Waals surface area contributed by atoms with Gasteiger partial charge in [-0.1, -0.05) is 11.6 Å². The lowest BCUT2D eigenvalue weighted by atomic mass is 10.2. The maximum Gasteiger partial charge on any atom is 0.257 e. The molecule has 1 aromatic carbocycles. The highest BCUT2D eigenvalue weighted by molar-refractivity contribution is 6.33. The summed E-state index contributed by atoms with van der Waals surface area (Å²) in [6.45, 7) is 0. The number of rotatable bonds is 2. The number of nitrogens with zero attached hydrogens (tertiary/aromatic N) is 1. The van der Waals surface area contributed by atoms with Crippen LogP contribution in [0.5, 0.6) is 0 Å². The number of nitrogens with two attached hydrogens (primary N) is 1. The molecular weight excluding hydrogens is 238 g/mol. The van der Waals surface area contributed by atoms with E-state index in [0.717, 1.165) is 0 Å². The second-order valence-electron chi connectivity index (χ2n) is 3.43. The van der Waals surface area contributed by atoms with E-state index in [9.17, 15) is 4.79 Å². The van der Waals surface area contributed by atoms with Gasteiger partial charge in [0.15, 0.2) is 0 Å². The van der Waals surface area contributed by atoms with Crippen molar-refractivity contribution in [1.82, 2.24) is 4.98 Å². The lowest BCUT2D eigenvalue weighted by Crippen LogP contribution is -2.12. The fourth-order valence-corrected chi connectivity index (χ4v) is 1.49. The average Bonchev–Trinajstić information content (AvgIpc) is 2.35. The zero-order valence-electron chi connectivity index (χ0n) is 8.85. The topological polar surface area (TPSA) is 68.0 Å². The van der Waals surface area contributed by atoms with Crippen molar-refractivity contribution in [3.05, 3.63) is 53.3 Å². The van der Waals surface area contributed by atoms with Gasteiger partial charge in [-0.15, -0.1) is 0 Å². The minimum Gasteiger partial charge on any atom is -0.398 e. The molecule has 1 aromatic heterocycles. The average molecular weight is 248 g/mol. The number of hydrogen-bond donors (Lipinski definition) is 2. The zero-order chi connectivity index (χ0) is 12.3. The molecule has 0 aliphatic rings. The number of aromatic nitrogens is 1. The molecule has 4 nitrogen and oxygen atoms in total. The van der Waals surface area contributed by atoms with Crippen LogP contribution < -0.4 is 11.1 Å². The highest BCUT2D eigenvalue weighted by atomic mass is 35.5. The van der Waals surface area contributed by atoms with Crippen molar-refractivity contribution in [3.8, 4) is 0 Å². The fourth-order valence-electron chi connectivity index (χ4n) is 1.31. The summed E-state index contributed by atoms with van der Waals surface area (Å²) in [5.41, 5.74) is 7.14. The van der Waals surface area contributed by atoms with Crippen LogP contribution in [0.1, 0.15) is 10.4 Å². The van der Waals surface area contributed by atoms with E-state index < -0.39 is 0 Å². The number of carbonyl (C=O) groups excluding carboxylic acids is 1. The van der Waals surface area contributed by atoms with Crippen molar-refractivity contribution in [1.29, 1.82) is 0 Å². The van der Waals surface area contributed by atoms with Gasteiger partial charge in [0, 0.05) is 18.1 Å². The van der Waals surface area contributed by atoms with Crippen molar-refractivity contribution in [2.24, 2.45) is 0 Å². The molecule has 2 rings (SSSR count). The summed E-state index contributed by atoms with van der Waals surface area (Å²) in [5.74, 6) is -0.237. The van der Waals surface area contributed by atoms with E-state index >= 15 is 0 Å². The van der Waals surface area contributed by atoms with Crippen molar-refractivity contribution in [2.75, 3.05) is 11.1 Å². The molecule has 0 saturated heterocycles. The number of benzene rings is 1. The van der Waals surface area contributed by atoms with E-state index in [1.807, 2.05) is 0 Å². The van der Waals surface area contributed by atoms with Gasteiger partial charge in [0.1, 0.15) is 0 Å². The first-order valence-electron chi connectivity index (χ1n) is 4.93. The van der Waals surface area contributed by atoms with E-state index in [4.69, 9.17) is 17.3 Å². The molecule has 3 N–H and O–H groups in total. The molecule has 0 saturated carbocycles. The quantitative estimate of drug-likeness (QED) is 0.802. The predicted octanol–water partition coefficient (Wildman–Crippen LogP) is 2.57. The molecule has 1 heterocycles. The fraction of sp³-hybridized carbons (Fsp3) is 0. The second-order valence-corrected chi connectivity index (χ2v) is 3.84. The van der Waals surface area contributed by atoms with Crippen LogP contribution in [0.2, 0.25) is 5.02 Å². The number of nitrogen functional groups attached to an aromatic ring is 1. The molecule has 0 spiro atoms. The Morgan fingerprint density at radius 1 is 1.35 bits per heavy atom. The largest absolute Gasteiger partial charge is 0.398 e. The Hall–Kier alpha value is -2.07. The summed E-state index contributed by atoms with van der Waals surface area (Å²) in [6.07, 6.45) is 3.10. The number of anilines is 2. The third-order valence-electron chi connectivity index (χ3n) is 2.18. The van der Waals surface area contributed by atoms with Gasteiger partial charge < -0.3 is 11.1 Å². The summed E-state index contributed by atoms with van der Waals surface area (Å²) in [7, 11) is 0. The Kier molecular flexibility index (Phi) is 3.25. The van der Waals surface area contributed by atoms with Crippen LogP contribution in [0.25, 0.3) is 0 Å². The number of pyridine rings is 1. The van der Waals surface area contributed by atoms with Crippen molar-refractivity contribution >= 4 is 28.9 Å². The van der Waals surface area contributed by atoms with E-state index in [-0.39, 0.29) is 5.91 Å². The predicted molar refractivity (Wildman–Crippen MR) is 68.1 cm³/mol. The van der Waals surface area contributed by atoms with Gasteiger partial charge in [0.05, 0.1) is 16.3 Å². The van der Waals surface area contributed by atoms with Crippen molar-refractivity contribution in [2.45, 2.75) is 0 Å². The maximum atomic E-state index is 11.8. The normalized spacial score (nSPS) is 9.94. The van der Waals surface area contributed by atoms with Crippen LogP contribution in [0.4, 0.5) is 11.4 Å². The first-order valence-corrected chi connectivity index (χ1v) is 5.31. The Morgan fingerprint density at radius 3 is 2.82 bits per heavy atom. The SMILES string of the molecule is Nc1ccc(NC(=O)c2cccnc2)cc1Cl. The molecule has 2 aromatic rings. The number of nitrogens with one attached hydrogen (secondary N) is 1. The van der Waals surface area contributed by atoms with E-state index in [2.05, 4.69) is 10.3 Å². The van der Waals surface area contributed by atoms with Gasteiger partial charge in [0.2, 0.25) is 0 Å². The highest BCUT2D eigenvalue weighted by Gasteiger charge is 2.06. The molecule has 0 unspecified atom stereocenters. The standard InChI is InChI=1S/C12H10ClN3O/c13-10-6-9(3-4-11(10)14)16-12(17)8-2-1-5-15-7-8/h1-7H,14H2,(H,16,17). The Labute approximate surface area is 103 Å². The van der Waals surface area contributed by atoms with Crippen LogP contribution in [0.3, 0.4) is 0 Å². The van der Waals surface area contributed by atoms with Crippen LogP contribution in [-0.2, 0) is 0 Å². The van der Waals surface area contributed by atoms with Gasteiger partial charge in [-0.25, -0.2) is 0 Å². The van der Waals surface area contributed by atoms with E-state index in [1.54, 1.807) is 36.5 Å². The molecule has 0 aliphatic carbocycles. The monoisotopic (exact) mass is 247 g/mol. The third kappa shape index (κ3) is 2.73. The van der Waals surface area contributed by atoms with Crippen LogP contribution in [0, 0.1) is 0 Å². The smallest absolute Gasteiger partial charge is 0.257 e. The number of halogens is 1. The molecule has 0 atom stereocenters. The molecule has 86 valence electrons. The Balaban J connectivity index is 2.16. The summed E-state index contributed by atoms with van der Waals surface area (Å²) in [6, 6.07) is 8.31. The molecule has 0 fully saturated rings. The van der Waals surface area contributed by atoms with Gasteiger partial charge in [-0.3, -0.25) is 9.78 Å². The summed E-state index contributed by atoms with van der Waals surface area (Å²) in [4.78, 5) is 15.7. The molecule has 1 amide bonds. The van der Waals surface area contributed by atoms with Gasteiger partial charge >= 0.3 is 0 Å². The minimum atomic E-state index is -0.237. The second kappa shape index (κ2) is 4.84. The number of carbonyl (C=O) groups is 1. The molecule has 0 radical (unpaired) electrons. The number of amides is 1. The van der Waals surface area contributed by atoms with E-state index in [0.29, 0.717) is 22.0 Å². The Bertz CT molecular complexity index is 543. The van der Waals surface area contributed by atoms with Crippen LogP contribution >= 0.6 is 11.6 Å². The molecule has 0 aliphatic heterocycles. The van der Waals surface area contributed by atoms with Gasteiger partial charge in [-0.2, -0.15) is 0 Å². The van der Waals surface area contributed by atoms with E-state index in [1.165, 1.54) is 6.20 Å². The molecule has 0 bridgehead atoms. The van der Waals surface area contributed by atoms with Crippen molar-refractivity contribution in [3.63, 3.8) is 0 Å². The first kappa shape index (κ1) is 11.4. The summed E-state index contributed by atoms with van der Waals surface area (Å²) < 4.78 is 0. The summed E-state index contributed by atoms with van der Waals surface area (Å²) >= 11 is 5.85. The zero-order valence-corrected chi connectivity index (χ0v) is 9.61. The third-order valence-corrected chi connectivity index (χ3v) is 2.51. The van der Waals surface area contributed by atoms with Gasteiger partial charge in [0.25, 0.3) is 5.91 Å². The summed E-state index contributed by atoms with van der Waals surface area (Å²) in [5, 5.41) is 3.12. The molecule has 5 heteroatoms. The molecular formula is C12H10ClN3O. The highest BCUT2D eigenvalue weighted by Crippen LogP contribution is 2.22. The van der Waals surface area contributed by atoms with Crippen LogP contribution in [0.15, 0.2) is 42.7 Å². The maximum absolute atomic E-state index is 11.8. The minimum absolute atomic E-state index is 0.237. The van der Waals surface area contributed by atoms with Gasteiger partial charge in [-0.05, 0) is 30.3 Å². The molecule has 17 heavy (non-hydrogen) atoms. The lowest BCUT2D eigenvalue weighted by Gasteiger charge is -2.06. The van der Waals surface area contributed by atoms with Crippen LogP contribution in [-0.4, -0.2) is 10.9 Å². The lowest BCUT2D eigenvalue weighted by molar-refractivity contribution is 0.102. The van der Waals surface area contributed by atoms with Crippen molar-refractivity contribution < 1.29 is 4.79 Å². The Morgan fingerprint density at radius 2 is 2.18 bits per heavy atom.